The summed E-state index contributed by atoms with van der Waals surface area (Å²) in [5.41, 5.74) is 0.477. The molecule has 3 rings (SSSR count). The van der Waals surface area contributed by atoms with Crippen LogP contribution in [-0.4, -0.2) is 20.3 Å². The van der Waals surface area contributed by atoms with Crippen LogP contribution in [0.25, 0.3) is 5.69 Å². The molecule has 0 fully saturated rings. The minimum atomic E-state index is -0.511. The maximum Gasteiger partial charge on any atom is 0.276 e. The van der Waals surface area contributed by atoms with E-state index in [1.54, 1.807) is 37.6 Å². The second-order valence-electron chi connectivity index (χ2n) is 4.92. The predicted molar refractivity (Wildman–Crippen MR) is 83.2 cm³/mol. The Balaban J connectivity index is 1.84. The van der Waals surface area contributed by atoms with Gasteiger partial charge in [0.1, 0.15) is 11.5 Å². The second kappa shape index (κ2) is 5.88. The number of carbonyl (C=O) groups excluding carboxylic acids is 1. The van der Waals surface area contributed by atoms with Gasteiger partial charge in [-0.15, -0.1) is 0 Å². The lowest BCUT2D eigenvalue weighted by Crippen LogP contribution is -2.23. The van der Waals surface area contributed by atoms with Gasteiger partial charge in [0.05, 0.1) is 5.69 Å². The van der Waals surface area contributed by atoms with Crippen LogP contribution in [0.3, 0.4) is 0 Å². The Labute approximate surface area is 130 Å². The number of rotatable bonds is 3. The summed E-state index contributed by atoms with van der Waals surface area (Å²) in [6.07, 6.45) is 3.14. The van der Waals surface area contributed by atoms with Crippen molar-refractivity contribution in [3.63, 3.8) is 0 Å². The topological polar surface area (TPSA) is 68.9 Å². The Kier molecular flexibility index (Phi) is 3.76. The number of aromatic nitrogens is 3. The van der Waals surface area contributed by atoms with Crippen molar-refractivity contribution in [2.24, 2.45) is 7.05 Å². The molecule has 1 aromatic carbocycles. The Morgan fingerprint density at radius 2 is 2.00 bits per heavy atom. The molecule has 0 unspecified atom stereocenters. The van der Waals surface area contributed by atoms with E-state index in [2.05, 4.69) is 10.4 Å². The first-order valence-electron chi connectivity index (χ1n) is 6.83. The highest BCUT2D eigenvalue weighted by Crippen LogP contribution is 2.10. The van der Waals surface area contributed by atoms with Crippen LogP contribution >= 0.6 is 0 Å². The van der Waals surface area contributed by atoms with Gasteiger partial charge in [-0.1, -0.05) is 6.07 Å². The van der Waals surface area contributed by atoms with Gasteiger partial charge >= 0.3 is 0 Å². The number of halogens is 1. The van der Waals surface area contributed by atoms with Gasteiger partial charge in [0.15, 0.2) is 5.69 Å². The fraction of sp³-hybridized carbons (Fsp3) is 0.0625. The maximum atomic E-state index is 13.2. The molecule has 0 saturated carbocycles. The van der Waals surface area contributed by atoms with Gasteiger partial charge in [0.25, 0.3) is 11.5 Å². The Morgan fingerprint density at radius 3 is 2.78 bits per heavy atom. The third-order valence-corrected chi connectivity index (χ3v) is 3.27. The molecule has 0 aliphatic heterocycles. The van der Waals surface area contributed by atoms with Crippen molar-refractivity contribution in [3.8, 4) is 5.69 Å². The Hall–Kier alpha value is -3.22. The van der Waals surface area contributed by atoms with Crippen molar-refractivity contribution >= 4 is 11.6 Å². The van der Waals surface area contributed by atoms with Gasteiger partial charge in [-0.2, -0.15) is 5.10 Å². The van der Waals surface area contributed by atoms with Gasteiger partial charge in [0, 0.05) is 19.4 Å². The molecule has 0 radical (unpaired) electrons. The van der Waals surface area contributed by atoms with Crippen LogP contribution in [0.2, 0.25) is 0 Å². The van der Waals surface area contributed by atoms with E-state index < -0.39 is 11.7 Å². The molecule has 23 heavy (non-hydrogen) atoms. The lowest BCUT2D eigenvalue weighted by atomic mass is 10.3. The maximum absolute atomic E-state index is 13.2. The van der Waals surface area contributed by atoms with Crippen molar-refractivity contribution in [1.29, 1.82) is 0 Å². The second-order valence-corrected chi connectivity index (χ2v) is 4.92. The number of hydrogen-bond acceptors (Lipinski definition) is 3. The molecule has 116 valence electrons. The number of anilines is 1. The van der Waals surface area contributed by atoms with E-state index in [1.807, 2.05) is 0 Å². The summed E-state index contributed by atoms with van der Waals surface area (Å²) in [5, 5.41) is 6.62. The summed E-state index contributed by atoms with van der Waals surface area (Å²) in [5.74, 6) is -0.903. The first kappa shape index (κ1) is 14.7. The number of hydrogen-bond donors (Lipinski definition) is 1. The van der Waals surface area contributed by atoms with E-state index in [9.17, 15) is 14.0 Å². The molecule has 1 amide bonds. The molecule has 2 heterocycles. The standard InChI is InChI=1S/C16H13FN4O2/c1-20-8-3-6-14(16(20)23)18-15(22)13-7-9-21(19-13)12-5-2-4-11(17)10-12/h2-10H,1H3,(H,18,22). The van der Waals surface area contributed by atoms with Crippen LogP contribution < -0.4 is 10.9 Å². The Morgan fingerprint density at radius 1 is 1.17 bits per heavy atom. The van der Waals surface area contributed by atoms with E-state index in [-0.39, 0.29) is 16.9 Å². The molecule has 0 aliphatic rings. The van der Waals surface area contributed by atoms with Crippen molar-refractivity contribution < 1.29 is 9.18 Å². The summed E-state index contributed by atoms with van der Waals surface area (Å²) < 4.78 is 16.0. The third kappa shape index (κ3) is 3.03. The van der Waals surface area contributed by atoms with E-state index in [0.717, 1.165) is 0 Å². The molecule has 0 bridgehead atoms. The zero-order chi connectivity index (χ0) is 16.4. The molecular weight excluding hydrogens is 299 g/mol. The van der Waals surface area contributed by atoms with Gasteiger partial charge in [0.2, 0.25) is 0 Å². The molecular formula is C16H13FN4O2. The highest BCUT2D eigenvalue weighted by atomic mass is 19.1. The number of nitrogens with zero attached hydrogens (tertiary/aromatic N) is 3. The fourth-order valence-electron chi connectivity index (χ4n) is 2.09. The molecule has 6 nitrogen and oxygen atoms in total. The number of amides is 1. The molecule has 0 saturated heterocycles. The molecule has 1 N–H and O–H groups in total. The zero-order valence-electron chi connectivity index (χ0n) is 12.2. The molecule has 0 atom stereocenters. The number of carbonyl (C=O) groups is 1. The quantitative estimate of drug-likeness (QED) is 0.804. The summed E-state index contributed by atoms with van der Waals surface area (Å²) in [7, 11) is 1.59. The lowest BCUT2D eigenvalue weighted by molar-refractivity contribution is 0.102. The number of benzene rings is 1. The minimum absolute atomic E-state index is 0.125. The lowest BCUT2D eigenvalue weighted by Gasteiger charge is -2.04. The average Bonchev–Trinajstić information content (AvgIpc) is 3.02. The van der Waals surface area contributed by atoms with Gasteiger partial charge in [-0.25, -0.2) is 9.07 Å². The van der Waals surface area contributed by atoms with E-state index in [0.29, 0.717) is 5.69 Å². The van der Waals surface area contributed by atoms with Crippen LogP contribution in [0.15, 0.2) is 59.7 Å². The summed E-state index contributed by atoms with van der Waals surface area (Å²) in [4.78, 5) is 24.1. The van der Waals surface area contributed by atoms with Gasteiger partial charge in [-0.3, -0.25) is 9.59 Å². The van der Waals surface area contributed by atoms with Crippen LogP contribution in [0.1, 0.15) is 10.5 Å². The van der Waals surface area contributed by atoms with Crippen LogP contribution in [0.5, 0.6) is 0 Å². The van der Waals surface area contributed by atoms with E-state index in [4.69, 9.17) is 0 Å². The molecule has 0 spiro atoms. The number of aryl methyl sites for hydroxylation is 1. The normalized spacial score (nSPS) is 10.5. The smallest absolute Gasteiger partial charge is 0.276 e. The third-order valence-electron chi connectivity index (χ3n) is 3.27. The first-order chi connectivity index (χ1) is 11.0. The van der Waals surface area contributed by atoms with Crippen molar-refractivity contribution in [1.82, 2.24) is 14.3 Å². The summed E-state index contributed by atoms with van der Waals surface area (Å²) >= 11 is 0. The molecule has 2 aromatic heterocycles. The van der Waals surface area contributed by atoms with Crippen LogP contribution in [-0.2, 0) is 7.05 Å². The SMILES string of the molecule is Cn1cccc(NC(=O)c2ccn(-c3cccc(F)c3)n2)c1=O. The van der Waals surface area contributed by atoms with Crippen molar-refractivity contribution in [2.45, 2.75) is 0 Å². The number of nitrogens with one attached hydrogen (secondary N) is 1. The number of pyridine rings is 1. The average molecular weight is 312 g/mol. The zero-order valence-corrected chi connectivity index (χ0v) is 12.2. The van der Waals surface area contributed by atoms with Crippen LogP contribution in [0, 0.1) is 5.82 Å². The van der Waals surface area contributed by atoms with Crippen LogP contribution in [0.4, 0.5) is 10.1 Å². The molecule has 3 aromatic rings. The Bertz CT molecular complexity index is 930. The largest absolute Gasteiger partial charge is 0.317 e. The molecule has 7 heteroatoms. The minimum Gasteiger partial charge on any atom is -0.317 e. The monoisotopic (exact) mass is 312 g/mol. The highest BCUT2D eigenvalue weighted by Gasteiger charge is 2.12. The summed E-state index contributed by atoms with van der Waals surface area (Å²) in [6.45, 7) is 0. The van der Waals surface area contributed by atoms with Crippen molar-refractivity contribution in [3.05, 3.63) is 76.7 Å². The highest BCUT2D eigenvalue weighted by molar-refractivity contribution is 6.02. The van der Waals surface area contributed by atoms with Crippen molar-refractivity contribution in [2.75, 3.05) is 5.32 Å². The van der Waals surface area contributed by atoms with E-state index in [1.165, 1.54) is 33.5 Å². The first-order valence-corrected chi connectivity index (χ1v) is 6.83. The fourth-order valence-corrected chi connectivity index (χ4v) is 2.09. The van der Waals surface area contributed by atoms with Gasteiger partial charge < -0.3 is 9.88 Å². The molecule has 0 aliphatic carbocycles. The predicted octanol–water partition coefficient (Wildman–Crippen LogP) is 1.96. The summed E-state index contributed by atoms with van der Waals surface area (Å²) in [6, 6.07) is 10.5. The van der Waals surface area contributed by atoms with E-state index >= 15 is 0 Å². The van der Waals surface area contributed by atoms with Gasteiger partial charge in [-0.05, 0) is 36.4 Å².